The molecule has 0 aliphatic carbocycles. The molecule has 0 aromatic heterocycles. The highest BCUT2D eigenvalue weighted by Gasteiger charge is 2.15. The molecule has 2 rings (SSSR count). The van der Waals surface area contributed by atoms with Gasteiger partial charge in [0.2, 0.25) is 5.91 Å². The standard InChI is InChI=1S/C15H17NO2/c1-10(17)9-12-3-5-13(6-4-12)14-7-8-15(18)16-11(14)2/h3-6H,7-9H2,1-2H3,(H,16,18). The van der Waals surface area contributed by atoms with Crippen LogP contribution in [0.1, 0.15) is 37.8 Å². The first-order valence-electron chi connectivity index (χ1n) is 6.14. The lowest BCUT2D eigenvalue weighted by Crippen LogP contribution is -2.26. The van der Waals surface area contributed by atoms with Crippen LogP contribution in [0, 0.1) is 0 Å². The minimum atomic E-state index is 0.0875. The largest absolute Gasteiger partial charge is 0.330 e. The summed E-state index contributed by atoms with van der Waals surface area (Å²) in [4.78, 5) is 22.3. The van der Waals surface area contributed by atoms with Gasteiger partial charge in [-0.25, -0.2) is 0 Å². The molecule has 18 heavy (non-hydrogen) atoms. The van der Waals surface area contributed by atoms with Crippen molar-refractivity contribution in [3.8, 4) is 0 Å². The van der Waals surface area contributed by atoms with Crippen LogP contribution in [-0.4, -0.2) is 11.7 Å². The molecule has 3 heteroatoms. The first-order valence-corrected chi connectivity index (χ1v) is 6.14. The van der Waals surface area contributed by atoms with Crippen molar-refractivity contribution in [3.05, 3.63) is 41.1 Å². The Morgan fingerprint density at radius 2 is 1.89 bits per heavy atom. The lowest BCUT2D eigenvalue weighted by Gasteiger charge is -2.19. The Hall–Kier alpha value is -1.90. The van der Waals surface area contributed by atoms with Crippen LogP contribution < -0.4 is 5.32 Å². The summed E-state index contributed by atoms with van der Waals surface area (Å²) in [5.74, 6) is 0.257. The SMILES string of the molecule is CC(=O)Cc1ccc(C2=C(C)NC(=O)CC2)cc1. The third kappa shape index (κ3) is 2.86. The molecule has 0 saturated carbocycles. The third-order valence-corrected chi connectivity index (χ3v) is 3.14. The van der Waals surface area contributed by atoms with E-state index in [-0.39, 0.29) is 11.7 Å². The molecule has 0 fully saturated rings. The van der Waals surface area contributed by atoms with Crippen LogP contribution in [-0.2, 0) is 16.0 Å². The molecular formula is C15H17NO2. The zero-order valence-electron chi connectivity index (χ0n) is 10.7. The summed E-state index contributed by atoms with van der Waals surface area (Å²) in [6.07, 6.45) is 1.81. The Bertz CT molecular complexity index is 512. The molecule has 1 aliphatic heterocycles. The van der Waals surface area contributed by atoms with Gasteiger partial charge < -0.3 is 5.32 Å². The molecule has 0 radical (unpaired) electrons. The van der Waals surface area contributed by atoms with Crippen molar-refractivity contribution in [2.24, 2.45) is 0 Å². The summed E-state index contributed by atoms with van der Waals surface area (Å²) in [5.41, 5.74) is 4.28. The minimum Gasteiger partial charge on any atom is -0.330 e. The van der Waals surface area contributed by atoms with E-state index in [1.165, 1.54) is 5.57 Å². The summed E-state index contributed by atoms with van der Waals surface area (Å²) < 4.78 is 0. The van der Waals surface area contributed by atoms with Gasteiger partial charge in [-0.1, -0.05) is 24.3 Å². The number of allylic oxidation sites excluding steroid dienone is 2. The van der Waals surface area contributed by atoms with Crippen molar-refractivity contribution in [3.63, 3.8) is 0 Å². The molecule has 0 spiro atoms. The number of carbonyl (C=O) groups excluding carboxylic acids is 2. The van der Waals surface area contributed by atoms with Gasteiger partial charge in [0, 0.05) is 18.5 Å². The second-order valence-electron chi connectivity index (χ2n) is 4.73. The van der Waals surface area contributed by atoms with Gasteiger partial charge in [0.15, 0.2) is 0 Å². The average Bonchev–Trinajstić information content (AvgIpc) is 2.30. The van der Waals surface area contributed by atoms with Crippen LogP contribution in [0.2, 0.25) is 0 Å². The number of carbonyl (C=O) groups is 2. The van der Waals surface area contributed by atoms with E-state index in [0.29, 0.717) is 12.8 Å². The number of amides is 1. The lowest BCUT2D eigenvalue weighted by atomic mass is 9.95. The number of hydrogen-bond acceptors (Lipinski definition) is 2. The maximum absolute atomic E-state index is 11.2. The molecule has 0 unspecified atom stereocenters. The van der Waals surface area contributed by atoms with E-state index in [4.69, 9.17) is 0 Å². The monoisotopic (exact) mass is 243 g/mol. The highest BCUT2D eigenvalue weighted by molar-refractivity contribution is 5.86. The quantitative estimate of drug-likeness (QED) is 0.886. The van der Waals surface area contributed by atoms with Crippen molar-refractivity contribution in [2.75, 3.05) is 0 Å². The van der Waals surface area contributed by atoms with Gasteiger partial charge in [-0.2, -0.15) is 0 Å². The minimum absolute atomic E-state index is 0.0875. The topological polar surface area (TPSA) is 46.2 Å². The van der Waals surface area contributed by atoms with E-state index < -0.39 is 0 Å². The van der Waals surface area contributed by atoms with Crippen molar-refractivity contribution in [1.29, 1.82) is 0 Å². The predicted molar refractivity (Wildman–Crippen MR) is 70.8 cm³/mol. The van der Waals surface area contributed by atoms with Crippen molar-refractivity contribution < 1.29 is 9.59 Å². The van der Waals surface area contributed by atoms with Crippen molar-refractivity contribution >= 4 is 17.3 Å². The van der Waals surface area contributed by atoms with Gasteiger partial charge in [-0.3, -0.25) is 9.59 Å². The number of rotatable bonds is 3. The van der Waals surface area contributed by atoms with Crippen molar-refractivity contribution in [2.45, 2.75) is 33.1 Å². The molecule has 0 atom stereocenters. The molecule has 1 heterocycles. The molecule has 0 bridgehead atoms. The Labute approximate surface area is 107 Å². The first kappa shape index (κ1) is 12.6. The van der Waals surface area contributed by atoms with Crippen LogP contribution in [0.5, 0.6) is 0 Å². The van der Waals surface area contributed by atoms with Crippen LogP contribution in [0.15, 0.2) is 30.0 Å². The molecule has 1 aliphatic rings. The van der Waals surface area contributed by atoms with Gasteiger partial charge in [0.05, 0.1) is 0 Å². The summed E-state index contributed by atoms with van der Waals surface area (Å²) >= 11 is 0. The number of Topliss-reactive ketones (excluding diaryl/α,β-unsaturated/α-hetero) is 1. The Kier molecular flexibility index (Phi) is 3.60. The Balaban J connectivity index is 2.22. The summed E-state index contributed by atoms with van der Waals surface area (Å²) in [6.45, 7) is 3.52. The zero-order chi connectivity index (χ0) is 13.1. The fourth-order valence-electron chi connectivity index (χ4n) is 2.25. The van der Waals surface area contributed by atoms with Crippen LogP contribution in [0.25, 0.3) is 5.57 Å². The summed E-state index contributed by atoms with van der Waals surface area (Å²) in [5, 5.41) is 2.86. The third-order valence-electron chi connectivity index (χ3n) is 3.14. The summed E-state index contributed by atoms with van der Waals surface area (Å²) in [6, 6.07) is 8.00. The van der Waals surface area contributed by atoms with E-state index in [9.17, 15) is 9.59 Å². The molecule has 1 N–H and O–H groups in total. The normalized spacial score (nSPS) is 15.6. The fourth-order valence-corrected chi connectivity index (χ4v) is 2.25. The van der Waals surface area contributed by atoms with E-state index >= 15 is 0 Å². The molecule has 94 valence electrons. The van der Waals surface area contributed by atoms with E-state index in [2.05, 4.69) is 5.32 Å². The lowest BCUT2D eigenvalue weighted by molar-refractivity contribution is -0.120. The second-order valence-corrected chi connectivity index (χ2v) is 4.73. The van der Waals surface area contributed by atoms with Crippen LogP contribution in [0.4, 0.5) is 0 Å². The Morgan fingerprint density at radius 3 is 2.44 bits per heavy atom. The van der Waals surface area contributed by atoms with Crippen LogP contribution >= 0.6 is 0 Å². The van der Waals surface area contributed by atoms with E-state index in [0.717, 1.165) is 23.2 Å². The highest BCUT2D eigenvalue weighted by atomic mass is 16.1. The zero-order valence-corrected chi connectivity index (χ0v) is 10.7. The smallest absolute Gasteiger partial charge is 0.224 e. The Morgan fingerprint density at radius 1 is 1.22 bits per heavy atom. The molecule has 3 nitrogen and oxygen atoms in total. The number of benzene rings is 1. The van der Waals surface area contributed by atoms with Gasteiger partial charge in [0.25, 0.3) is 0 Å². The first-order chi connectivity index (χ1) is 8.56. The average molecular weight is 243 g/mol. The van der Waals surface area contributed by atoms with Gasteiger partial charge in [-0.15, -0.1) is 0 Å². The highest BCUT2D eigenvalue weighted by Crippen LogP contribution is 2.26. The number of ketones is 1. The second kappa shape index (κ2) is 5.17. The molecule has 0 saturated heterocycles. The predicted octanol–water partition coefficient (Wildman–Crippen LogP) is 2.46. The number of hydrogen-bond donors (Lipinski definition) is 1. The van der Waals surface area contributed by atoms with Gasteiger partial charge in [-0.05, 0) is 37.0 Å². The van der Waals surface area contributed by atoms with Gasteiger partial charge >= 0.3 is 0 Å². The van der Waals surface area contributed by atoms with Crippen LogP contribution in [0.3, 0.4) is 0 Å². The summed E-state index contributed by atoms with van der Waals surface area (Å²) in [7, 11) is 0. The van der Waals surface area contributed by atoms with Crippen molar-refractivity contribution in [1.82, 2.24) is 5.32 Å². The molecular weight excluding hydrogens is 226 g/mol. The number of nitrogens with one attached hydrogen (secondary N) is 1. The maximum Gasteiger partial charge on any atom is 0.224 e. The molecule has 1 amide bonds. The van der Waals surface area contributed by atoms with Gasteiger partial charge in [0.1, 0.15) is 5.78 Å². The molecule has 1 aromatic rings. The molecule has 1 aromatic carbocycles. The van der Waals surface area contributed by atoms with E-state index in [1.807, 2.05) is 31.2 Å². The van der Waals surface area contributed by atoms with E-state index in [1.54, 1.807) is 6.92 Å². The maximum atomic E-state index is 11.2. The fraction of sp³-hybridized carbons (Fsp3) is 0.333.